The van der Waals surface area contributed by atoms with Crippen molar-refractivity contribution in [1.82, 2.24) is 4.90 Å². The van der Waals surface area contributed by atoms with Gasteiger partial charge in [0.25, 0.3) is 5.91 Å². The number of carbonyl (C=O) groups excluding carboxylic acids is 1. The number of hydrogen-bond donors (Lipinski definition) is 0. The first-order valence-corrected chi connectivity index (χ1v) is 6.40. The van der Waals surface area contributed by atoms with E-state index in [9.17, 15) is 9.18 Å². The lowest BCUT2D eigenvalue weighted by molar-refractivity contribution is 0.0774. The van der Waals surface area contributed by atoms with Crippen molar-refractivity contribution in [3.8, 4) is 0 Å². The molecule has 1 amide bonds. The largest absolute Gasteiger partial charge is 0.338 e. The predicted octanol–water partition coefficient (Wildman–Crippen LogP) is 3.34. The molecule has 0 atom stereocenters. The maximum atomic E-state index is 13.2. The number of carbonyl (C=O) groups is 1. The van der Waals surface area contributed by atoms with Gasteiger partial charge in [-0.2, -0.15) is 0 Å². The highest BCUT2D eigenvalue weighted by atomic mass is 79.9. The monoisotopic (exact) mass is 307 g/mol. The molecular formula is C11H12BrClFNO. The molecule has 0 fully saturated rings. The predicted molar refractivity (Wildman–Crippen MR) is 66.8 cm³/mol. The first kappa shape index (κ1) is 13.5. The highest BCUT2D eigenvalue weighted by Crippen LogP contribution is 2.16. The number of alkyl halides is 1. The van der Waals surface area contributed by atoms with Gasteiger partial charge < -0.3 is 4.90 Å². The van der Waals surface area contributed by atoms with Gasteiger partial charge in [0.2, 0.25) is 0 Å². The smallest absolute Gasteiger partial charge is 0.253 e. The molecule has 0 aliphatic rings. The zero-order valence-electron chi connectivity index (χ0n) is 8.84. The molecule has 0 spiro atoms. The van der Waals surface area contributed by atoms with Crippen LogP contribution in [-0.2, 0) is 0 Å². The fourth-order valence-corrected chi connectivity index (χ4v) is 1.86. The van der Waals surface area contributed by atoms with E-state index in [0.717, 1.165) is 0 Å². The van der Waals surface area contributed by atoms with Gasteiger partial charge in [0, 0.05) is 24.0 Å². The van der Waals surface area contributed by atoms with Crippen molar-refractivity contribution in [1.29, 1.82) is 0 Å². The van der Waals surface area contributed by atoms with E-state index in [1.807, 2.05) is 6.92 Å². The minimum absolute atomic E-state index is 0.0279. The molecule has 88 valence electrons. The molecule has 0 aliphatic heterocycles. The molecule has 0 radical (unpaired) electrons. The van der Waals surface area contributed by atoms with E-state index >= 15 is 0 Å². The molecule has 1 aromatic rings. The van der Waals surface area contributed by atoms with Gasteiger partial charge in [-0.1, -0.05) is 27.5 Å². The Morgan fingerprint density at radius 2 is 2.25 bits per heavy atom. The Kier molecular flexibility index (Phi) is 5.22. The molecule has 1 rings (SSSR count). The lowest BCUT2D eigenvalue weighted by Crippen LogP contribution is -2.32. The van der Waals surface area contributed by atoms with Crippen LogP contribution in [0.3, 0.4) is 0 Å². The summed E-state index contributed by atoms with van der Waals surface area (Å²) in [5.74, 6) is -0.750. The lowest BCUT2D eigenvalue weighted by atomic mass is 10.2. The molecule has 0 bridgehead atoms. The third kappa shape index (κ3) is 3.19. The Labute approximate surface area is 108 Å². The average molecular weight is 309 g/mol. The summed E-state index contributed by atoms with van der Waals surface area (Å²) in [6, 6.07) is 4.10. The second-order valence-electron chi connectivity index (χ2n) is 3.20. The summed E-state index contributed by atoms with van der Waals surface area (Å²) in [6.07, 6.45) is 0. The Hall–Kier alpha value is -0.610. The van der Waals surface area contributed by atoms with E-state index in [-0.39, 0.29) is 10.9 Å². The van der Waals surface area contributed by atoms with Crippen molar-refractivity contribution in [2.75, 3.05) is 18.4 Å². The summed E-state index contributed by atoms with van der Waals surface area (Å²) in [7, 11) is 0. The van der Waals surface area contributed by atoms with E-state index < -0.39 is 5.82 Å². The summed E-state index contributed by atoms with van der Waals surface area (Å²) in [5.41, 5.74) is 0.324. The van der Waals surface area contributed by atoms with Crippen LogP contribution in [0.5, 0.6) is 0 Å². The third-order valence-electron chi connectivity index (χ3n) is 2.19. The Morgan fingerprint density at radius 1 is 1.56 bits per heavy atom. The standard InChI is InChI=1S/C11H12BrClFNO/c1-2-15(6-5-12)11(16)8-3-4-9(13)10(14)7-8/h3-4,7H,2,5-6H2,1H3. The summed E-state index contributed by atoms with van der Waals surface area (Å²) in [6.45, 7) is 3.07. The third-order valence-corrected chi connectivity index (χ3v) is 2.85. The van der Waals surface area contributed by atoms with Crippen molar-refractivity contribution >= 4 is 33.4 Å². The van der Waals surface area contributed by atoms with Crippen LogP contribution < -0.4 is 0 Å². The quantitative estimate of drug-likeness (QED) is 0.781. The number of hydrogen-bond acceptors (Lipinski definition) is 1. The van der Waals surface area contributed by atoms with E-state index in [0.29, 0.717) is 24.0 Å². The average Bonchev–Trinajstić information content (AvgIpc) is 2.28. The van der Waals surface area contributed by atoms with Crippen LogP contribution >= 0.6 is 27.5 Å². The SMILES string of the molecule is CCN(CCBr)C(=O)c1ccc(Cl)c(F)c1. The Morgan fingerprint density at radius 3 is 2.75 bits per heavy atom. The molecule has 1 aromatic carbocycles. The van der Waals surface area contributed by atoms with Gasteiger partial charge in [-0.3, -0.25) is 4.79 Å². The van der Waals surface area contributed by atoms with Crippen LogP contribution in [-0.4, -0.2) is 29.2 Å². The number of amides is 1. The van der Waals surface area contributed by atoms with Crippen LogP contribution in [0.1, 0.15) is 17.3 Å². The van der Waals surface area contributed by atoms with Crippen molar-refractivity contribution in [2.24, 2.45) is 0 Å². The molecule has 0 aromatic heterocycles. The summed E-state index contributed by atoms with van der Waals surface area (Å²) in [5, 5.41) is 0.725. The molecule has 0 aliphatic carbocycles. The minimum Gasteiger partial charge on any atom is -0.338 e. The molecule has 5 heteroatoms. The number of halogens is 3. The summed E-state index contributed by atoms with van der Waals surface area (Å²) < 4.78 is 13.2. The van der Waals surface area contributed by atoms with Crippen molar-refractivity contribution in [3.05, 3.63) is 34.6 Å². The summed E-state index contributed by atoms with van der Waals surface area (Å²) in [4.78, 5) is 13.6. The topological polar surface area (TPSA) is 20.3 Å². The second kappa shape index (κ2) is 6.21. The van der Waals surface area contributed by atoms with Gasteiger partial charge in [-0.05, 0) is 25.1 Å². The first-order chi connectivity index (χ1) is 7.60. The van der Waals surface area contributed by atoms with Crippen molar-refractivity contribution < 1.29 is 9.18 Å². The Bertz CT molecular complexity index is 386. The molecule has 0 unspecified atom stereocenters. The number of nitrogens with zero attached hydrogens (tertiary/aromatic N) is 1. The minimum atomic E-state index is -0.567. The van der Waals surface area contributed by atoms with Crippen molar-refractivity contribution in [3.63, 3.8) is 0 Å². The molecule has 0 saturated carbocycles. The maximum Gasteiger partial charge on any atom is 0.253 e. The number of benzene rings is 1. The van der Waals surface area contributed by atoms with Gasteiger partial charge in [-0.25, -0.2) is 4.39 Å². The van der Waals surface area contributed by atoms with Gasteiger partial charge >= 0.3 is 0 Å². The van der Waals surface area contributed by atoms with Crippen LogP contribution in [0.25, 0.3) is 0 Å². The van der Waals surface area contributed by atoms with E-state index in [2.05, 4.69) is 15.9 Å². The highest BCUT2D eigenvalue weighted by molar-refractivity contribution is 9.09. The first-order valence-electron chi connectivity index (χ1n) is 4.90. The Balaban J connectivity index is 2.90. The zero-order chi connectivity index (χ0) is 12.1. The van der Waals surface area contributed by atoms with Gasteiger partial charge in [0.15, 0.2) is 0 Å². The van der Waals surface area contributed by atoms with E-state index in [1.54, 1.807) is 4.90 Å². The molecule has 2 nitrogen and oxygen atoms in total. The highest BCUT2D eigenvalue weighted by Gasteiger charge is 2.14. The van der Waals surface area contributed by atoms with Crippen LogP contribution in [0.4, 0.5) is 4.39 Å². The molecule has 16 heavy (non-hydrogen) atoms. The van der Waals surface area contributed by atoms with E-state index in [4.69, 9.17) is 11.6 Å². The fraction of sp³-hybridized carbons (Fsp3) is 0.364. The summed E-state index contributed by atoms with van der Waals surface area (Å²) >= 11 is 8.82. The normalized spacial score (nSPS) is 10.2. The molecule has 0 N–H and O–H groups in total. The van der Waals surface area contributed by atoms with Crippen LogP contribution in [0.2, 0.25) is 5.02 Å². The molecule has 0 saturated heterocycles. The van der Waals surface area contributed by atoms with Crippen LogP contribution in [0.15, 0.2) is 18.2 Å². The maximum absolute atomic E-state index is 13.2. The van der Waals surface area contributed by atoms with E-state index in [1.165, 1.54) is 18.2 Å². The fourth-order valence-electron chi connectivity index (χ4n) is 1.32. The molecular weight excluding hydrogens is 296 g/mol. The zero-order valence-corrected chi connectivity index (χ0v) is 11.2. The van der Waals surface area contributed by atoms with Gasteiger partial charge in [0.1, 0.15) is 5.82 Å². The van der Waals surface area contributed by atoms with Gasteiger partial charge in [-0.15, -0.1) is 0 Å². The molecule has 0 heterocycles. The number of rotatable bonds is 4. The van der Waals surface area contributed by atoms with Gasteiger partial charge in [0.05, 0.1) is 5.02 Å². The van der Waals surface area contributed by atoms with Crippen LogP contribution in [0, 0.1) is 5.82 Å². The van der Waals surface area contributed by atoms with Crippen molar-refractivity contribution in [2.45, 2.75) is 6.92 Å². The lowest BCUT2D eigenvalue weighted by Gasteiger charge is -2.19. The second-order valence-corrected chi connectivity index (χ2v) is 4.40.